The number of fused-ring (bicyclic) bond motifs is 5. The number of amidine groups is 4. The molecule has 628 valence electrons. The highest BCUT2D eigenvalue weighted by Gasteiger charge is 2.31. The van der Waals surface area contributed by atoms with Gasteiger partial charge < -0.3 is 21.3 Å². The Morgan fingerprint density at radius 3 is 0.903 bits per heavy atom. The monoisotopic (exact) mass is 1540 g/mol. The smallest absolute Gasteiger partial charge is 0.0968 e. The van der Waals surface area contributed by atoms with Crippen molar-refractivity contribution < 1.29 is 0 Å². The maximum absolute atomic E-state index is 5.17. The SMILES string of the molecule is CC.CC.CC.CC.CC.Cc1c(C)c(C)c2c(c1C)CCC(NC1=NCCC1)C2.Cc1c(C)c(C)c2c(c1C)CCC(NC1=NCCC1)CC2.Cc1c(C)c(C)c2c(c1C)CCCC(NC1=NCCC1)C2.Cc1c(C)c(C)c2c(c1C)CCCC2N=C1CCCC1.Cc1c(C)c(C)c2c(c1C)CCCCC2NC1=NCCC1. The first kappa shape index (κ1) is 95.5. The van der Waals surface area contributed by atoms with Gasteiger partial charge in [0.15, 0.2) is 0 Å². The van der Waals surface area contributed by atoms with Crippen LogP contribution >= 0.6 is 0 Å². The van der Waals surface area contributed by atoms with Crippen LogP contribution in [-0.4, -0.2) is 73.4 Å². The molecule has 4 atom stereocenters. The second kappa shape index (κ2) is 47.2. The quantitative estimate of drug-likeness (QED) is 0.131. The minimum absolute atomic E-state index is 0.449. The summed E-state index contributed by atoms with van der Waals surface area (Å²) in [7, 11) is 0. The van der Waals surface area contributed by atoms with Gasteiger partial charge in [-0.25, -0.2) is 0 Å². The van der Waals surface area contributed by atoms with E-state index in [1.165, 1.54) is 307 Å². The van der Waals surface area contributed by atoms with Crippen molar-refractivity contribution in [3.63, 3.8) is 0 Å². The van der Waals surface area contributed by atoms with E-state index in [0.717, 1.165) is 51.9 Å². The van der Waals surface area contributed by atoms with Gasteiger partial charge in [0.05, 0.1) is 35.4 Å². The molecule has 4 N–H and O–H groups in total. The molecule has 5 aromatic carbocycles. The summed E-state index contributed by atoms with van der Waals surface area (Å²) in [4.78, 5) is 23.5. The van der Waals surface area contributed by atoms with Gasteiger partial charge in [0.25, 0.3) is 0 Å². The summed E-state index contributed by atoms with van der Waals surface area (Å²) in [5.41, 5.74) is 47.8. The van der Waals surface area contributed by atoms with Crippen LogP contribution in [0.3, 0.4) is 0 Å². The van der Waals surface area contributed by atoms with Crippen molar-refractivity contribution >= 4 is 29.1 Å². The van der Waals surface area contributed by atoms with Gasteiger partial charge in [-0.05, 0) is 466 Å². The van der Waals surface area contributed by atoms with E-state index in [0.29, 0.717) is 30.2 Å². The van der Waals surface area contributed by atoms with Crippen LogP contribution in [0.4, 0.5) is 0 Å². The second-order valence-corrected chi connectivity index (χ2v) is 33.6. The lowest BCUT2D eigenvalue weighted by Crippen LogP contribution is -2.38. The molecule has 15 rings (SSSR count). The number of hydrogen-bond acceptors (Lipinski definition) is 9. The van der Waals surface area contributed by atoms with Crippen LogP contribution in [0.5, 0.6) is 0 Å². The lowest BCUT2D eigenvalue weighted by atomic mass is 9.79. The fourth-order valence-electron chi connectivity index (χ4n) is 19.8. The first-order chi connectivity index (χ1) is 54.4. The highest BCUT2D eigenvalue weighted by Crippen LogP contribution is 2.42. The number of hydrogen-bond donors (Lipinski definition) is 4. The van der Waals surface area contributed by atoms with Crippen molar-refractivity contribution in [3.05, 3.63) is 167 Å². The topological polar surface area (TPSA) is 110 Å². The predicted molar refractivity (Wildman–Crippen MR) is 501 cm³/mol. The Kier molecular flexibility index (Phi) is 39.8. The van der Waals surface area contributed by atoms with Crippen LogP contribution < -0.4 is 21.3 Å². The molecule has 0 bridgehead atoms. The highest BCUT2D eigenvalue weighted by atomic mass is 15.1. The second-order valence-electron chi connectivity index (χ2n) is 33.6. The van der Waals surface area contributed by atoms with Gasteiger partial charge in [-0.3, -0.25) is 25.0 Å². The van der Waals surface area contributed by atoms with E-state index in [2.05, 4.69) is 180 Å². The molecule has 0 radical (unpaired) electrons. The Balaban J connectivity index is 0.000000214. The molecule has 9 nitrogen and oxygen atoms in total. The van der Waals surface area contributed by atoms with E-state index in [4.69, 9.17) is 4.99 Å². The van der Waals surface area contributed by atoms with Crippen LogP contribution in [0.25, 0.3) is 0 Å². The zero-order chi connectivity index (χ0) is 83.5. The molecule has 4 heterocycles. The van der Waals surface area contributed by atoms with Crippen molar-refractivity contribution in [2.75, 3.05) is 26.2 Å². The van der Waals surface area contributed by atoms with Crippen LogP contribution in [0.15, 0.2) is 25.0 Å². The summed E-state index contributed by atoms with van der Waals surface area (Å²) in [5, 5.41) is 14.9. The van der Waals surface area contributed by atoms with Gasteiger partial charge in [0.1, 0.15) is 0 Å². The Bertz CT molecular complexity index is 4060. The molecule has 1 fully saturated rings. The molecule has 1 saturated carbocycles. The Morgan fingerprint density at radius 2 is 0.504 bits per heavy atom. The lowest BCUT2D eigenvalue weighted by molar-refractivity contribution is 0.522. The maximum Gasteiger partial charge on any atom is 0.0968 e. The van der Waals surface area contributed by atoms with Crippen molar-refractivity contribution in [2.24, 2.45) is 25.0 Å². The molecule has 4 aliphatic heterocycles. The lowest BCUT2D eigenvalue weighted by Gasteiger charge is -2.30. The van der Waals surface area contributed by atoms with Crippen molar-refractivity contribution in [1.82, 2.24) is 21.3 Å². The van der Waals surface area contributed by atoms with Crippen molar-refractivity contribution in [2.45, 2.75) is 431 Å². The summed E-state index contributed by atoms with van der Waals surface area (Å²) < 4.78 is 0. The third-order valence-corrected chi connectivity index (χ3v) is 27.9. The van der Waals surface area contributed by atoms with Gasteiger partial charge in [0, 0.05) is 75.7 Å². The minimum atomic E-state index is 0.449. The number of nitrogens with one attached hydrogen (secondary N) is 4. The summed E-state index contributed by atoms with van der Waals surface area (Å²) >= 11 is 0. The van der Waals surface area contributed by atoms with Crippen molar-refractivity contribution in [1.29, 1.82) is 0 Å². The van der Waals surface area contributed by atoms with E-state index in [-0.39, 0.29) is 0 Å². The number of aliphatic imine (C=N–C) groups is 5. The van der Waals surface area contributed by atoms with Crippen LogP contribution in [0.2, 0.25) is 0 Å². The van der Waals surface area contributed by atoms with Crippen LogP contribution in [0, 0.1) is 138 Å². The zero-order valence-electron chi connectivity index (χ0n) is 78.7. The molecule has 9 heteroatoms. The zero-order valence-corrected chi connectivity index (χ0v) is 78.7. The van der Waals surface area contributed by atoms with E-state index in [9.17, 15) is 0 Å². The number of nitrogens with zero attached hydrogens (tertiary/aromatic N) is 5. The first-order valence-corrected chi connectivity index (χ1v) is 46.6. The molecule has 6 aliphatic carbocycles. The van der Waals surface area contributed by atoms with E-state index in [1.54, 1.807) is 55.6 Å². The van der Waals surface area contributed by atoms with Crippen molar-refractivity contribution in [3.8, 4) is 0 Å². The van der Waals surface area contributed by atoms with E-state index < -0.39 is 0 Å². The Hall–Kier alpha value is -6.35. The highest BCUT2D eigenvalue weighted by molar-refractivity contribution is 5.87. The molecule has 0 spiro atoms. The summed E-state index contributed by atoms with van der Waals surface area (Å²) in [6, 6.07) is 2.68. The molecule has 4 unspecified atom stereocenters. The van der Waals surface area contributed by atoms with Gasteiger partial charge in [-0.2, -0.15) is 0 Å². The normalized spacial score (nSPS) is 19.6. The Labute approximate surface area is 694 Å². The largest absolute Gasteiger partial charge is 0.371 e. The fraction of sp³-hybridized carbons (Fsp3) is 0.663. The minimum Gasteiger partial charge on any atom is -0.371 e. The van der Waals surface area contributed by atoms with E-state index in [1.807, 2.05) is 69.2 Å². The summed E-state index contributed by atoms with van der Waals surface area (Å²) in [5.74, 6) is 4.99. The molecule has 5 aromatic rings. The third-order valence-electron chi connectivity index (χ3n) is 27.9. The molecular formula is C104H167N9. The molecule has 0 aromatic heterocycles. The predicted octanol–water partition coefficient (Wildman–Crippen LogP) is 26.4. The number of rotatable bonds is 5. The van der Waals surface area contributed by atoms with Gasteiger partial charge in [0.2, 0.25) is 0 Å². The Morgan fingerprint density at radius 1 is 0.221 bits per heavy atom. The van der Waals surface area contributed by atoms with Gasteiger partial charge in [-0.15, -0.1) is 0 Å². The standard InChI is InChI=1S/3C19H28N2.C19H27N.C18H26N2.5C2H6/c1-12-13(2)15(4)18-11-16(21-19-9-6-10-20-19)7-5-8-17(18)14(12)3;1-12-13(2)15(4)18-10-8-16(7-9-17(18)14(12)3)21-19-6-5-11-20-19;1-12-13(2)15(4)19-16(14(12)3)8-5-6-9-17(19)21-18-10-7-11-20-18;1-12-13(2)15(4)19-17(14(12)3)10-7-11-18(19)20-16-8-5-6-9-16;1-11-12(2)14(4)17-10-15(7-8-16(17)13(11)3)20-18-6-5-9-19-18;5*1-2/h2*16H,5-11H2,1-4H3,(H,20,21);17H,5-11H2,1-4H3,(H,20,21);18H,5-11H2,1-4H3;15H,5-10H2,1-4H3,(H,19,20);5*1-2H3. The van der Waals surface area contributed by atoms with Crippen LogP contribution in [0.1, 0.15) is 389 Å². The first-order valence-electron chi connectivity index (χ1n) is 46.6. The molecule has 0 saturated heterocycles. The maximum atomic E-state index is 5.17. The summed E-state index contributed by atoms with van der Waals surface area (Å²) in [6.45, 7) is 70.0. The number of benzene rings is 5. The third kappa shape index (κ3) is 23.7. The average Bonchev–Trinajstić information content (AvgIpc) is 1.58. The average molecular weight is 1540 g/mol. The van der Waals surface area contributed by atoms with Gasteiger partial charge in [-0.1, -0.05) is 75.7 Å². The summed E-state index contributed by atoms with van der Waals surface area (Å²) in [6.07, 6.45) is 37.1. The molecule has 0 amide bonds. The van der Waals surface area contributed by atoms with E-state index >= 15 is 0 Å². The van der Waals surface area contributed by atoms with Crippen LogP contribution in [-0.2, 0) is 51.4 Å². The molecule has 113 heavy (non-hydrogen) atoms. The van der Waals surface area contributed by atoms with Gasteiger partial charge >= 0.3 is 0 Å². The molecular weight excluding hydrogens is 1380 g/mol. The molecule has 10 aliphatic rings. The fourth-order valence-corrected chi connectivity index (χ4v) is 19.8.